The average molecular weight is 420 g/mol. The first-order chi connectivity index (χ1) is 13.6. The van der Waals surface area contributed by atoms with Gasteiger partial charge in [0.1, 0.15) is 12.3 Å². The van der Waals surface area contributed by atoms with Crippen LogP contribution in [0.25, 0.3) is 0 Å². The van der Waals surface area contributed by atoms with Gasteiger partial charge in [-0.3, -0.25) is 9.10 Å². The molecular weight excluding hydrogens is 396 g/mol. The van der Waals surface area contributed by atoms with Gasteiger partial charge in [0.15, 0.2) is 0 Å². The highest BCUT2D eigenvalue weighted by Crippen LogP contribution is 2.31. The van der Waals surface area contributed by atoms with Crippen LogP contribution in [-0.4, -0.2) is 47.3 Å². The van der Waals surface area contributed by atoms with E-state index in [2.05, 4.69) is 10.1 Å². The number of sulfonamides is 1. The second kappa shape index (κ2) is 8.95. The van der Waals surface area contributed by atoms with Crippen molar-refractivity contribution in [1.29, 1.82) is 0 Å². The SMILES string of the molecule is COC(=O)c1ccc(C)c(NC(=O)CN(c2cc(C)ccc2OC)S(C)(=O)=O)c1. The van der Waals surface area contributed by atoms with E-state index < -0.39 is 28.4 Å². The molecular formula is C20H24N2O6S. The lowest BCUT2D eigenvalue weighted by Gasteiger charge is -2.24. The van der Waals surface area contributed by atoms with Crippen molar-refractivity contribution in [2.24, 2.45) is 0 Å². The Hall–Kier alpha value is -3.07. The van der Waals surface area contributed by atoms with Crippen LogP contribution in [0.1, 0.15) is 21.5 Å². The number of esters is 1. The molecule has 2 aromatic carbocycles. The number of carbonyl (C=O) groups excluding carboxylic acids is 2. The molecule has 0 saturated heterocycles. The van der Waals surface area contributed by atoms with Crippen molar-refractivity contribution in [1.82, 2.24) is 0 Å². The Bertz CT molecular complexity index is 1030. The number of ether oxygens (including phenoxy) is 2. The molecule has 2 rings (SSSR count). The molecule has 0 spiro atoms. The van der Waals surface area contributed by atoms with Gasteiger partial charge in [0.05, 0.1) is 31.7 Å². The number of aryl methyl sites for hydroxylation is 2. The van der Waals surface area contributed by atoms with Crippen LogP contribution in [0, 0.1) is 13.8 Å². The van der Waals surface area contributed by atoms with Crippen molar-refractivity contribution >= 4 is 33.3 Å². The summed E-state index contributed by atoms with van der Waals surface area (Å²) in [5.74, 6) is -0.774. The maximum atomic E-state index is 12.7. The van der Waals surface area contributed by atoms with Gasteiger partial charge in [-0.05, 0) is 49.2 Å². The molecule has 0 atom stereocenters. The van der Waals surface area contributed by atoms with E-state index in [4.69, 9.17) is 4.74 Å². The summed E-state index contributed by atoms with van der Waals surface area (Å²) >= 11 is 0. The van der Waals surface area contributed by atoms with E-state index in [0.717, 1.165) is 16.1 Å². The molecule has 0 saturated carbocycles. The zero-order chi connectivity index (χ0) is 21.8. The van der Waals surface area contributed by atoms with Crippen molar-refractivity contribution in [3.05, 3.63) is 53.1 Å². The van der Waals surface area contributed by atoms with Gasteiger partial charge in [-0.25, -0.2) is 13.2 Å². The van der Waals surface area contributed by atoms with Gasteiger partial charge in [-0.1, -0.05) is 12.1 Å². The molecule has 2 aromatic rings. The molecule has 0 radical (unpaired) electrons. The quantitative estimate of drug-likeness (QED) is 0.691. The summed E-state index contributed by atoms with van der Waals surface area (Å²) in [4.78, 5) is 24.4. The third-order valence-corrected chi connectivity index (χ3v) is 5.35. The highest BCUT2D eigenvalue weighted by molar-refractivity contribution is 7.92. The van der Waals surface area contributed by atoms with Crippen LogP contribution < -0.4 is 14.4 Å². The fraction of sp³-hybridized carbons (Fsp3) is 0.300. The maximum Gasteiger partial charge on any atom is 0.337 e. The third-order valence-electron chi connectivity index (χ3n) is 4.22. The number of methoxy groups -OCH3 is 2. The predicted molar refractivity (Wildman–Crippen MR) is 111 cm³/mol. The Morgan fingerprint density at radius 3 is 2.34 bits per heavy atom. The number of amides is 1. The van der Waals surface area contributed by atoms with Gasteiger partial charge in [0, 0.05) is 5.69 Å². The summed E-state index contributed by atoms with van der Waals surface area (Å²) in [6.45, 7) is 3.11. The Balaban J connectivity index is 2.34. The number of nitrogens with zero attached hydrogens (tertiary/aromatic N) is 1. The first-order valence-electron chi connectivity index (χ1n) is 8.68. The van der Waals surface area contributed by atoms with Crippen molar-refractivity contribution in [2.45, 2.75) is 13.8 Å². The first kappa shape index (κ1) is 22.2. The number of nitrogens with one attached hydrogen (secondary N) is 1. The Morgan fingerprint density at radius 2 is 1.76 bits per heavy atom. The number of rotatable bonds is 7. The van der Waals surface area contributed by atoms with Gasteiger partial charge in [-0.15, -0.1) is 0 Å². The highest BCUT2D eigenvalue weighted by Gasteiger charge is 2.24. The van der Waals surface area contributed by atoms with Crippen molar-refractivity contribution < 1.29 is 27.5 Å². The van der Waals surface area contributed by atoms with Gasteiger partial charge < -0.3 is 14.8 Å². The van der Waals surface area contributed by atoms with E-state index >= 15 is 0 Å². The molecule has 0 unspecified atom stereocenters. The molecule has 8 nitrogen and oxygen atoms in total. The topological polar surface area (TPSA) is 102 Å². The van der Waals surface area contributed by atoms with Crippen LogP contribution in [0.15, 0.2) is 36.4 Å². The summed E-state index contributed by atoms with van der Waals surface area (Å²) in [5.41, 5.74) is 2.46. The predicted octanol–water partition coefficient (Wildman–Crippen LogP) is 2.50. The lowest BCUT2D eigenvalue weighted by molar-refractivity contribution is -0.114. The average Bonchev–Trinajstić information content (AvgIpc) is 2.66. The second-order valence-corrected chi connectivity index (χ2v) is 8.42. The summed E-state index contributed by atoms with van der Waals surface area (Å²) in [6.07, 6.45) is 1.02. The molecule has 1 amide bonds. The summed E-state index contributed by atoms with van der Waals surface area (Å²) in [6, 6.07) is 9.79. The van der Waals surface area contributed by atoms with Crippen LogP contribution >= 0.6 is 0 Å². The molecule has 0 aliphatic carbocycles. The van der Waals surface area contributed by atoms with Crippen LogP contribution in [0.2, 0.25) is 0 Å². The number of hydrogen-bond donors (Lipinski definition) is 1. The fourth-order valence-electron chi connectivity index (χ4n) is 2.70. The maximum absolute atomic E-state index is 12.7. The molecule has 1 N–H and O–H groups in total. The molecule has 29 heavy (non-hydrogen) atoms. The monoisotopic (exact) mass is 420 g/mol. The minimum atomic E-state index is -3.77. The van der Waals surface area contributed by atoms with E-state index in [-0.39, 0.29) is 11.3 Å². The third kappa shape index (κ3) is 5.47. The number of hydrogen-bond acceptors (Lipinski definition) is 6. The first-order valence-corrected chi connectivity index (χ1v) is 10.5. The number of benzene rings is 2. The second-order valence-electron chi connectivity index (χ2n) is 6.51. The molecule has 0 aliphatic rings. The minimum absolute atomic E-state index is 0.269. The van der Waals surface area contributed by atoms with E-state index in [1.807, 2.05) is 6.92 Å². The zero-order valence-corrected chi connectivity index (χ0v) is 17.8. The fourth-order valence-corrected chi connectivity index (χ4v) is 3.55. The molecule has 0 aromatic heterocycles. The molecule has 0 bridgehead atoms. The van der Waals surface area contributed by atoms with E-state index in [1.165, 1.54) is 20.3 Å². The van der Waals surface area contributed by atoms with Crippen molar-refractivity contribution in [2.75, 3.05) is 36.6 Å². The standard InChI is InChI=1S/C20H24N2O6S/c1-13-6-9-18(27-3)17(10-13)22(29(5,25)26)12-19(23)21-16-11-15(20(24)28-4)8-7-14(16)2/h6-11H,12H2,1-5H3,(H,21,23). The zero-order valence-electron chi connectivity index (χ0n) is 17.0. The summed E-state index contributed by atoms with van der Waals surface area (Å²) < 4.78 is 35.7. The molecule has 0 heterocycles. The van der Waals surface area contributed by atoms with Crippen molar-refractivity contribution in [3.8, 4) is 5.75 Å². The lowest BCUT2D eigenvalue weighted by Crippen LogP contribution is -2.37. The molecule has 9 heteroatoms. The molecule has 0 fully saturated rings. The van der Waals surface area contributed by atoms with Gasteiger partial charge >= 0.3 is 5.97 Å². The largest absolute Gasteiger partial charge is 0.495 e. The number of anilines is 2. The van der Waals surface area contributed by atoms with Crippen LogP contribution in [0.3, 0.4) is 0 Å². The Kier molecular flexibility index (Phi) is 6.86. The minimum Gasteiger partial charge on any atom is -0.495 e. The van der Waals surface area contributed by atoms with Crippen LogP contribution in [0.5, 0.6) is 5.75 Å². The van der Waals surface area contributed by atoms with E-state index in [0.29, 0.717) is 17.0 Å². The van der Waals surface area contributed by atoms with Crippen molar-refractivity contribution in [3.63, 3.8) is 0 Å². The van der Waals surface area contributed by atoms with E-state index in [9.17, 15) is 18.0 Å². The van der Waals surface area contributed by atoms with Crippen LogP contribution in [0.4, 0.5) is 11.4 Å². The Labute approximate surface area is 170 Å². The summed E-state index contributed by atoms with van der Waals surface area (Å²) in [7, 11) is -1.08. The smallest absolute Gasteiger partial charge is 0.337 e. The van der Waals surface area contributed by atoms with Gasteiger partial charge in [-0.2, -0.15) is 0 Å². The molecule has 156 valence electrons. The van der Waals surface area contributed by atoms with Crippen LogP contribution in [-0.2, 0) is 19.6 Å². The van der Waals surface area contributed by atoms with Gasteiger partial charge in [0.2, 0.25) is 15.9 Å². The highest BCUT2D eigenvalue weighted by atomic mass is 32.2. The summed E-state index contributed by atoms with van der Waals surface area (Å²) in [5, 5.41) is 2.66. The van der Waals surface area contributed by atoms with Gasteiger partial charge in [0.25, 0.3) is 0 Å². The normalized spacial score (nSPS) is 10.9. The van der Waals surface area contributed by atoms with E-state index in [1.54, 1.807) is 37.3 Å². The number of carbonyl (C=O) groups is 2. The molecule has 0 aliphatic heterocycles. The lowest BCUT2D eigenvalue weighted by atomic mass is 10.1. The Morgan fingerprint density at radius 1 is 1.07 bits per heavy atom.